The van der Waals surface area contributed by atoms with Crippen molar-refractivity contribution in [2.24, 2.45) is 14.1 Å². The maximum Gasteiger partial charge on any atom is 0.332 e. The van der Waals surface area contributed by atoms with Crippen LogP contribution in [-0.4, -0.2) is 37.9 Å². The fourth-order valence-corrected chi connectivity index (χ4v) is 3.72. The minimum atomic E-state index is -0.397. The van der Waals surface area contributed by atoms with Crippen LogP contribution in [0.3, 0.4) is 0 Å². The maximum absolute atomic E-state index is 12.9. The molecule has 1 saturated heterocycles. The lowest BCUT2D eigenvalue weighted by Crippen LogP contribution is -2.37. The standard InChI is InChI=1S/C20H25N5O3/c1-13-5-4-6-14(11-13)12-25-16-17(23(2)20(27)24(3)18(16)26)22-19(25)28-15-7-9-21-10-8-15/h4-6,11,15,21H,7-10,12H2,1-3H3. The van der Waals surface area contributed by atoms with E-state index in [4.69, 9.17) is 4.74 Å². The Hall–Kier alpha value is -2.87. The highest BCUT2D eigenvalue weighted by Crippen LogP contribution is 2.22. The van der Waals surface area contributed by atoms with Crippen LogP contribution in [-0.2, 0) is 20.6 Å². The summed E-state index contributed by atoms with van der Waals surface area (Å²) in [5, 5.41) is 3.31. The molecule has 3 aromatic rings. The van der Waals surface area contributed by atoms with Crippen LogP contribution in [0, 0.1) is 6.92 Å². The van der Waals surface area contributed by atoms with Gasteiger partial charge in [0.15, 0.2) is 11.2 Å². The van der Waals surface area contributed by atoms with Gasteiger partial charge in [-0.2, -0.15) is 4.98 Å². The van der Waals surface area contributed by atoms with E-state index in [2.05, 4.69) is 16.4 Å². The lowest BCUT2D eigenvalue weighted by molar-refractivity contribution is 0.144. The number of aromatic nitrogens is 4. The second-order valence-electron chi connectivity index (χ2n) is 7.41. The summed E-state index contributed by atoms with van der Waals surface area (Å²) in [6.07, 6.45) is 1.80. The van der Waals surface area contributed by atoms with Crippen LogP contribution in [0.2, 0.25) is 0 Å². The van der Waals surface area contributed by atoms with E-state index in [9.17, 15) is 9.59 Å². The molecule has 0 radical (unpaired) electrons. The molecule has 1 aliphatic heterocycles. The van der Waals surface area contributed by atoms with Gasteiger partial charge in [-0.05, 0) is 38.4 Å². The SMILES string of the molecule is Cc1cccc(Cn2c(OC3CCNCC3)nc3c2c(=O)n(C)c(=O)n3C)c1. The number of benzene rings is 1. The summed E-state index contributed by atoms with van der Waals surface area (Å²) in [6, 6.07) is 8.50. The van der Waals surface area contributed by atoms with E-state index >= 15 is 0 Å². The van der Waals surface area contributed by atoms with Crippen LogP contribution in [0.5, 0.6) is 6.01 Å². The molecule has 0 spiro atoms. The Kier molecular flexibility index (Phi) is 4.80. The smallest absolute Gasteiger partial charge is 0.332 e. The van der Waals surface area contributed by atoms with Crippen molar-refractivity contribution in [2.75, 3.05) is 13.1 Å². The molecule has 0 amide bonds. The van der Waals surface area contributed by atoms with Crippen molar-refractivity contribution in [3.8, 4) is 6.01 Å². The van der Waals surface area contributed by atoms with Gasteiger partial charge in [-0.15, -0.1) is 0 Å². The molecule has 3 heterocycles. The molecule has 148 valence electrons. The van der Waals surface area contributed by atoms with Crippen molar-refractivity contribution < 1.29 is 4.74 Å². The number of imidazole rings is 1. The highest BCUT2D eigenvalue weighted by molar-refractivity contribution is 5.72. The van der Waals surface area contributed by atoms with Crippen LogP contribution in [0.1, 0.15) is 24.0 Å². The van der Waals surface area contributed by atoms with Crippen LogP contribution in [0.4, 0.5) is 0 Å². The Labute approximate surface area is 162 Å². The van der Waals surface area contributed by atoms with E-state index in [1.54, 1.807) is 11.6 Å². The number of nitrogens with one attached hydrogen (secondary N) is 1. The molecule has 2 aromatic heterocycles. The zero-order valence-electron chi connectivity index (χ0n) is 16.4. The molecule has 8 heteroatoms. The normalized spacial score (nSPS) is 15.2. The van der Waals surface area contributed by atoms with Crippen LogP contribution in [0.15, 0.2) is 33.9 Å². The zero-order chi connectivity index (χ0) is 19.8. The summed E-state index contributed by atoms with van der Waals surface area (Å²) in [4.78, 5) is 29.8. The van der Waals surface area contributed by atoms with E-state index in [1.807, 2.05) is 25.1 Å². The maximum atomic E-state index is 12.9. The Balaban J connectivity index is 1.88. The van der Waals surface area contributed by atoms with Gasteiger partial charge in [0, 0.05) is 14.1 Å². The number of piperidine rings is 1. The second-order valence-corrected chi connectivity index (χ2v) is 7.41. The predicted octanol–water partition coefficient (Wildman–Crippen LogP) is 0.921. The number of hydrogen-bond acceptors (Lipinski definition) is 5. The van der Waals surface area contributed by atoms with Gasteiger partial charge in [0.25, 0.3) is 11.6 Å². The van der Waals surface area contributed by atoms with Gasteiger partial charge in [0.1, 0.15) is 6.10 Å². The minimum absolute atomic E-state index is 0.0372. The predicted molar refractivity (Wildman–Crippen MR) is 107 cm³/mol. The summed E-state index contributed by atoms with van der Waals surface area (Å²) < 4.78 is 10.5. The van der Waals surface area contributed by atoms with Gasteiger partial charge < -0.3 is 10.1 Å². The van der Waals surface area contributed by atoms with Gasteiger partial charge in [0.05, 0.1) is 6.54 Å². The third-order valence-electron chi connectivity index (χ3n) is 5.29. The monoisotopic (exact) mass is 383 g/mol. The van der Waals surface area contributed by atoms with Crippen molar-refractivity contribution in [2.45, 2.75) is 32.4 Å². The fourth-order valence-electron chi connectivity index (χ4n) is 3.72. The molecule has 0 aliphatic carbocycles. The van der Waals surface area contributed by atoms with E-state index in [0.717, 1.165) is 41.6 Å². The molecule has 4 rings (SSSR count). The Morgan fingerprint density at radius 1 is 1.18 bits per heavy atom. The average molecular weight is 383 g/mol. The first-order valence-electron chi connectivity index (χ1n) is 9.55. The quantitative estimate of drug-likeness (QED) is 0.724. The van der Waals surface area contributed by atoms with Gasteiger partial charge in [-0.3, -0.25) is 18.5 Å². The summed E-state index contributed by atoms with van der Waals surface area (Å²) >= 11 is 0. The minimum Gasteiger partial charge on any atom is -0.461 e. The van der Waals surface area contributed by atoms with Crippen molar-refractivity contribution in [3.63, 3.8) is 0 Å². The highest BCUT2D eigenvalue weighted by atomic mass is 16.5. The molecular weight excluding hydrogens is 358 g/mol. The average Bonchev–Trinajstić information content (AvgIpc) is 3.03. The molecule has 1 aliphatic rings. The topological polar surface area (TPSA) is 83.1 Å². The lowest BCUT2D eigenvalue weighted by atomic mass is 10.1. The molecule has 0 atom stereocenters. The van der Waals surface area contributed by atoms with Gasteiger partial charge in [-0.1, -0.05) is 29.8 Å². The Morgan fingerprint density at radius 2 is 1.93 bits per heavy atom. The van der Waals surface area contributed by atoms with Crippen molar-refractivity contribution >= 4 is 11.2 Å². The zero-order valence-corrected chi connectivity index (χ0v) is 16.4. The Bertz CT molecular complexity index is 1140. The summed E-state index contributed by atoms with van der Waals surface area (Å²) in [6.45, 7) is 4.27. The van der Waals surface area contributed by atoms with Gasteiger partial charge >= 0.3 is 5.69 Å². The molecular formula is C20H25N5O3. The largest absolute Gasteiger partial charge is 0.461 e. The van der Waals surface area contributed by atoms with E-state index in [0.29, 0.717) is 23.7 Å². The number of ether oxygens (including phenoxy) is 1. The summed E-state index contributed by atoms with van der Waals surface area (Å²) in [5.74, 6) is 0. The third kappa shape index (κ3) is 3.24. The lowest BCUT2D eigenvalue weighted by Gasteiger charge is -2.23. The highest BCUT2D eigenvalue weighted by Gasteiger charge is 2.23. The summed E-state index contributed by atoms with van der Waals surface area (Å²) in [7, 11) is 3.11. The molecule has 8 nitrogen and oxygen atoms in total. The van der Waals surface area contributed by atoms with E-state index < -0.39 is 5.69 Å². The molecule has 0 bridgehead atoms. The van der Waals surface area contributed by atoms with Gasteiger partial charge in [0.2, 0.25) is 0 Å². The van der Waals surface area contributed by atoms with Gasteiger partial charge in [-0.25, -0.2) is 4.79 Å². The fraction of sp³-hybridized carbons (Fsp3) is 0.450. The number of hydrogen-bond donors (Lipinski definition) is 1. The first kappa shape index (κ1) is 18.5. The second kappa shape index (κ2) is 7.27. The van der Waals surface area contributed by atoms with Crippen molar-refractivity contribution in [1.29, 1.82) is 0 Å². The number of aryl methyl sites for hydroxylation is 2. The number of nitrogens with zero attached hydrogens (tertiary/aromatic N) is 4. The number of rotatable bonds is 4. The van der Waals surface area contributed by atoms with Crippen molar-refractivity contribution in [3.05, 3.63) is 56.2 Å². The molecule has 28 heavy (non-hydrogen) atoms. The molecule has 1 aromatic carbocycles. The third-order valence-corrected chi connectivity index (χ3v) is 5.29. The molecule has 1 N–H and O–H groups in total. The molecule has 0 saturated carbocycles. The Morgan fingerprint density at radius 3 is 2.64 bits per heavy atom. The first-order valence-corrected chi connectivity index (χ1v) is 9.55. The molecule has 0 unspecified atom stereocenters. The van der Waals surface area contributed by atoms with Crippen LogP contribution < -0.4 is 21.3 Å². The van der Waals surface area contributed by atoms with E-state index in [-0.39, 0.29) is 11.7 Å². The van der Waals surface area contributed by atoms with Crippen LogP contribution >= 0.6 is 0 Å². The van der Waals surface area contributed by atoms with E-state index in [1.165, 1.54) is 11.6 Å². The van der Waals surface area contributed by atoms with Crippen molar-refractivity contribution in [1.82, 2.24) is 24.0 Å². The molecule has 1 fully saturated rings. The number of fused-ring (bicyclic) bond motifs is 1. The summed E-state index contributed by atoms with van der Waals surface area (Å²) in [5.41, 5.74) is 2.16. The van der Waals surface area contributed by atoms with Crippen LogP contribution in [0.25, 0.3) is 11.2 Å². The first-order chi connectivity index (χ1) is 13.5.